The lowest BCUT2D eigenvalue weighted by Gasteiger charge is -2.16. The first-order valence-electron chi connectivity index (χ1n) is 7.44. The van der Waals surface area contributed by atoms with Crippen molar-refractivity contribution in [3.05, 3.63) is 0 Å². The predicted octanol–water partition coefficient (Wildman–Crippen LogP) is 1.58. The molecule has 0 bridgehead atoms. The van der Waals surface area contributed by atoms with Crippen LogP contribution in [-0.2, 0) is 4.79 Å². The number of hydrogen-bond acceptors (Lipinski definition) is 3. The highest BCUT2D eigenvalue weighted by molar-refractivity contribution is 5.78. The van der Waals surface area contributed by atoms with Gasteiger partial charge in [-0.1, -0.05) is 25.7 Å². The lowest BCUT2D eigenvalue weighted by molar-refractivity contribution is -0.121. The molecule has 0 aromatic rings. The molecule has 0 saturated heterocycles. The zero-order chi connectivity index (χ0) is 13.1. The molecule has 1 saturated carbocycles. The van der Waals surface area contributed by atoms with Crippen molar-refractivity contribution in [3.8, 4) is 0 Å². The Bertz CT molecular complexity index is 214. The SMILES string of the molecule is O=C(CNCCCCCO)NC1CCCCCC1. The van der Waals surface area contributed by atoms with E-state index in [1.165, 1.54) is 25.7 Å². The fourth-order valence-corrected chi connectivity index (χ4v) is 2.44. The summed E-state index contributed by atoms with van der Waals surface area (Å²) in [6.07, 6.45) is 10.3. The summed E-state index contributed by atoms with van der Waals surface area (Å²) in [4.78, 5) is 11.7. The van der Waals surface area contributed by atoms with Crippen LogP contribution in [-0.4, -0.2) is 36.8 Å². The number of hydrogen-bond donors (Lipinski definition) is 3. The van der Waals surface area contributed by atoms with E-state index in [9.17, 15) is 4.79 Å². The van der Waals surface area contributed by atoms with Gasteiger partial charge in [-0.15, -0.1) is 0 Å². The number of rotatable bonds is 8. The number of unbranched alkanes of at least 4 members (excludes halogenated alkanes) is 2. The molecule has 1 rings (SSSR count). The molecular weight excluding hydrogens is 228 g/mol. The molecule has 1 fully saturated rings. The first kappa shape index (κ1) is 15.4. The van der Waals surface area contributed by atoms with Crippen molar-refractivity contribution >= 4 is 5.91 Å². The molecule has 4 nitrogen and oxygen atoms in total. The maximum atomic E-state index is 11.7. The van der Waals surface area contributed by atoms with Crippen LogP contribution in [0.3, 0.4) is 0 Å². The highest BCUT2D eigenvalue weighted by Gasteiger charge is 2.13. The number of carbonyl (C=O) groups excluding carboxylic acids is 1. The van der Waals surface area contributed by atoms with Gasteiger partial charge in [-0.2, -0.15) is 0 Å². The van der Waals surface area contributed by atoms with Crippen LogP contribution >= 0.6 is 0 Å². The highest BCUT2D eigenvalue weighted by Crippen LogP contribution is 2.16. The van der Waals surface area contributed by atoms with E-state index in [0.717, 1.165) is 38.6 Å². The maximum Gasteiger partial charge on any atom is 0.234 e. The fraction of sp³-hybridized carbons (Fsp3) is 0.929. The molecule has 1 amide bonds. The maximum absolute atomic E-state index is 11.7. The molecule has 0 atom stereocenters. The van der Waals surface area contributed by atoms with Crippen LogP contribution in [0.2, 0.25) is 0 Å². The summed E-state index contributed by atoms with van der Waals surface area (Å²) in [6, 6.07) is 0.399. The van der Waals surface area contributed by atoms with Gasteiger partial charge in [0.05, 0.1) is 6.54 Å². The van der Waals surface area contributed by atoms with E-state index in [1.807, 2.05) is 0 Å². The quantitative estimate of drug-likeness (QED) is 0.456. The van der Waals surface area contributed by atoms with Crippen LogP contribution in [0.5, 0.6) is 0 Å². The second-order valence-corrected chi connectivity index (χ2v) is 5.22. The fourth-order valence-electron chi connectivity index (χ4n) is 2.44. The smallest absolute Gasteiger partial charge is 0.234 e. The third kappa shape index (κ3) is 7.67. The van der Waals surface area contributed by atoms with E-state index in [1.54, 1.807) is 0 Å². The van der Waals surface area contributed by atoms with Gasteiger partial charge in [0.2, 0.25) is 5.91 Å². The van der Waals surface area contributed by atoms with E-state index in [2.05, 4.69) is 10.6 Å². The van der Waals surface area contributed by atoms with Crippen LogP contribution in [0.25, 0.3) is 0 Å². The van der Waals surface area contributed by atoms with Gasteiger partial charge >= 0.3 is 0 Å². The zero-order valence-corrected chi connectivity index (χ0v) is 11.4. The van der Waals surface area contributed by atoms with E-state index in [4.69, 9.17) is 5.11 Å². The van der Waals surface area contributed by atoms with E-state index in [0.29, 0.717) is 12.6 Å². The van der Waals surface area contributed by atoms with Crippen molar-refractivity contribution in [2.24, 2.45) is 0 Å². The monoisotopic (exact) mass is 256 g/mol. The first-order chi connectivity index (χ1) is 8.83. The Balaban J connectivity index is 1.98. The van der Waals surface area contributed by atoms with E-state index >= 15 is 0 Å². The molecule has 0 aliphatic heterocycles. The van der Waals surface area contributed by atoms with Crippen molar-refractivity contribution < 1.29 is 9.90 Å². The summed E-state index contributed by atoms with van der Waals surface area (Å²) in [5.74, 6) is 0.129. The van der Waals surface area contributed by atoms with Crippen molar-refractivity contribution in [1.29, 1.82) is 0 Å². The summed E-state index contributed by atoms with van der Waals surface area (Å²) in [5.41, 5.74) is 0. The molecule has 4 heteroatoms. The van der Waals surface area contributed by atoms with Gasteiger partial charge in [0.15, 0.2) is 0 Å². The number of aliphatic hydroxyl groups is 1. The Labute approximate surface area is 111 Å². The average Bonchev–Trinajstić information content (AvgIpc) is 2.62. The average molecular weight is 256 g/mol. The van der Waals surface area contributed by atoms with Crippen molar-refractivity contribution in [2.45, 2.75) is 63.8 Å². The third-order valence-corrected chi connectivity index (χ3v) is 3.52. The van der Waals surface area contributed by atoms with Gasteiger partial charge in [0.1, 0.15) is 0 Å². The number of amides is 1. The minimum atomic E-state index is 0.129. The molecule has 1 aliphatic rings. The van der Waals surface area contributed by atoms with Gasteiger partial charge < -0.3 is 15.7 Å². The largest absolute Gasteiger partial charge is 0.396 e. The molecule has 0 unspecified atom stereocenters. The Kier molecular flexibility index (Phi) is 8.86. The van der Waals surface area contributed by atoms with Crippen LogP contribution in [0.15, 0.2) is 0 Å². The summed E-state index contributed by atoms with van der Waals surface area (Å²) < 4.78 is 0. The molecule has 106 valence electrons. The van der Waals surface area contributed by atoms with Crippen molar-refractivity contribution in [1.82, 2.24) is 10.6 Å². The van der Waals surface area contributed by atoms with Crippen molar-refractivity contribution in [2.75, 3.05) is 19.7 Å². The standard InChI is InChI=1S/C14H28N2O2/c17-11-7-3-6-10-15-12-14(18)16-13-8-4-1-2-5-9-13/h13,15,17H,1-12H2,(H,16,18). The molecule has 3 N–H and O–H groups in total. The first-order valence-corrected chi connectivity index (χ1v) is 7.44. The van der Waals surface area contributed by atoms with Gasteiger partial charge in [-0.25, -0.2) is 0 Å². The molecule has 1 aliphatic carbocycles. The van der Waals surface area contributed by atoms with Crippen LogP contribution in [0.4, 0.5) is 0 Å². The molecule has 0 radical (unpaired) electrons. The molecule has 0 heterocycles. The number of carbonyl (C=O) groups is 1. The lowest BCUT2D eigenvalue weighted by atomic mass is 10.1. The molecule has 18 heavy (non-hydrogen) atoms. The Hall–Kier alpha value is -0.610. The van der Waals surface area contributed by atoms with Gasteiger partial charge in [0, 0.05) is 12.6 Å². The predicted molar refractivity (Wildman–Crippen MR) is 73.4 cm³/mol. The Morgan fingerprint density at radius 2 is 1.78 bits per heavy atom. The third-order valence-electron chi connectivity index (χ3n) is 3.52. The lowest BCUT2D eigenvalue weighted by Crippen LogP contribution is -2.40. The highest BCUT2D eigenvalue weighted by atomic mass is 16.2. The number of nitrogens with one attached hydrogen (secondary N) is 2. The van der Waals surface area contributed by atoms with Crippen LogP contribution in [0, 0.1) is 0 Å². The summed E-state index contributed by atoms with van der Waals surface area (Å²) >= 11 is 0. The van der Waals surface area contributed by atoms with E-state index < -0.39 is 0 Å². The summed E-state index contributed by atoms with van der Waals surface area (Å²) in [7, 11) is 0. The van der Waals surface area contributed by atoms with Gasteiger partial charge in [-0.05, 0) is 38.6 Å². The van der Waals surface area contributed by atoms with Crippen LogP contribution < -0.4 is 10.6 Å². The second-order valence-electron chi connectivity index (χ2n) is 5.22. The van der Waals surface area contributed by atoms with Gasteiger partial charge in [-0.3, -0.25) is 4.79 Å². The van der Waals surface area contributed by atoms with Crippen LogP contribution in [0.1, 0.15) is 57.8 Å². The number of aliphatic hydroxyl groups excluding tert-OH is 1. The second kappa shape index (κ2) is 10.3. The summed E-state index contributed by atoms with van der Waals surface area (Å²) in [6.45, 7) is 1.55. The molecule has 0 aromatic carbocycles. The minimum Gasteiger partial charge on any atom is -0.396 e. The topological polar surface area (TPSA) is 61.4 Å². The normalized spacial score (nSPS) is 17.4. The minimum absolute atomic E-state index is 0.129. The molecular formula is C14H28N2O2. The van der Waals surface area contributed by atoms with E-state index in [-0.39, 0.29) is 12.5 Å². The zero-order valence-electron chi connectivity index (χ0n) is 11.4. The summed E-state index contributed by atoms with van der Waals surface area (Å²) in [5, 5.41) is 14.9. The molecule has 0 spiro atoms. The Morgan fingerprint density at radius 1 is 1.06 bits per heavy atom. The van der Waals surface area contributed by atoms with Gasteiger partial charge in [0.25, 0.3) is 0 Å². The van der Waals surface area contributed by atoms with Crippen molar-refractivity contribution in [3.63, 3.8) is 0 Å². The molecule has 0 aromatic heterocycles. The Morgan fingerprint density at radius 3 is 2.44 bits per heavy atom.